The predicted molar refractivity (Wildman–Crippen MR) is 73.5 cm³/mol. The molecular weight excluding hydrogens is 250 g/mol. The Balaban J connectivity index is 1.48. The molecule has 17 heavy (non-hydrogen) atoms. The molecule has 1 N–H and O–H groups in total. The van der Waals surface area contributed by atoms with E-state index in [-0.39, 0.29) is 0 Å². The van der Waals surface area contributed by atoms with Crippen molar-refractivity contribution in [3.63, 3.8) is 0 Å². The van der Waals surface area contributed by atoms with Crippen molar-refractivity contribution in [1.29, 1.82) is 0 Å². The molecule has 1 saturated heterocycles. The fraction of sp³-hybridized carbons (Fsp3) is 0.833. The fourth-order valence-corrected chi connectivity index (χ4v) is 4.27. The molecule has 0 spiro atoms. The summed E-state index contributed by atoms with van der Waals surface area (Å²) in [5, 5.41) is 14.5. The third kappa shape index (κ3) is 3.66. The van der Waals surface area contributed by atoms with Crippen molar-refractivity contribution in [2.45, 2.75) is 44.7 Å². The number of hydrogen-bond donors (Lipinski definition) is 1. The number of rotatable bonds is 5. The maximum Gasteiger partial charge on any atom is 0.131 e. The SMILES string of the molecule is C1CC(Cc2nnc(CNC3CC3)s2)CCS1. The first kappa shape index (κ1) is 11.9. The van der Waals surface area contributed by atoms with Crippen LogP contribution in [0.5, 0.6) is 0 Å². The van der Waals surface area contributed by atoms with Gasteiger partial charge < -0.3 is 5.32 Å². The highest BCUT2D eigenvalue weighted by Crippen LogP contribution is 2.27. The molecule has 1 aliphatic carbocycles. The zero-order valence-corrected chi connectivity index (χ0v) is 11.7. The molecule has 0 amide bonds. The molecule has 0 bridgehead atoms. The minimum atomic E-state index is 0.762. The molecule has 94 valence electrons. The molecule has 0 atom stereocenters. The standard InChI is InChI=1S/C12H19N3S2/c1-2-10(1)13-8-12-15-14-11(17-12)7-9-3-5-16-6-4-9/h9-10,13H,1-8H2. The summed E-state index contributed by atoms with van der Waals surface area (Å²) in [7, 11) is 0. The van der Waals surface area contributed by atoms with Crippen molar-refractivity contribution in [2.75, 3.05) is 11.5 Å². The van der Waals surface area contributed by atoms with E-state index in [2.05, 4.69) is 27.3 Å². The maximum absolute atomic E-state index is 4.33. The van der Waals surface area contributed by atoms with E-state index >= 15 is 0 Å². The van der Waals surface area contributed by atoms with E-state index in [0.29, 0.717) is 0 Å². The molecule has 5 heteroatoms. The first-order chi connectivity index (χ1) is 8.40. The number of hydrogen-bond acceptors (Lipinski definition) is 5. The van der Waals surface area contributed by atoms with Crippen molar-refractivity contribution in [1.82, 2.24) is 15.5 Å². The minimum absolute atomic E-state index is 0.762. The second-order valence-electron chi connectivity index (χ2n) is 5.00. The van der Waals surface area contributed by atoms with Crippen LogP contribution < -0.4 is 5.32 Å². The summed E-state index contributed by atoms with van der Waals surface area (Å²) in [5.41, 5.74) is 0. The van der Waals surface area contributed by atoms with Gasteiger partial charge in [0.1, 0.15) is 10.0 Å². The van der Waals surface area contributed by atoms with Crippen molar-refractivity contribution < 1.29 is 0 Å². The lowest BCUT2D eigenvalue weighted by atomic mass is 9.99. The summed E-state index contributed by atoms with van der Waals surface area (Å²) in [6.45, 7) is 0.919. The Morgan fingerprint density at radius 1 is 1.06 bits per heavy atom. The second kappa shape index (κ2) is 5.67. The summed E-state index contributed by atoms with van der Waals surface area (Å²) >= 11 is 3.89. The minimum Gasteiger partial charge on any atom is -0.308 e. The van der Waals surface area contributed by atoms with Gasteiger partial charge in [-0.3, -0.25) is 0 Å². The zero-order chi connectivity index (χ0) is 11.5. The molecule has 3 nitrogen and oxygen atoms in total. The normalized spacial score (nSPS) is 21.9. The van der Waals surface area contributed by atoms with E-state index in [4.69, 9.17) is 0 Å². The lowest BCUT2D eigenvalue weighted by Crippen LogP contribution is -2.14. The first-order valence-electron chi connectivity index (χ1n) is 6.52. The van der Waals surface area contributed by atoms with Crippen molar-refractivity contribution >= 4 is 23.1 Å². The third-order valence-corrected chi connectivity index (χ3v) is 5.43. The molecule has 2 fully saturated rings. The van der Waals surface area contributed by atoms with Crippen LogP contribution >= 0.6 is 23.1 Å². The highest BCUT2D eigenvalue weighted by atomic mass is 32.2. The average Bonchev–Trinajstić information content (AvgIpc) is 3.09. The molecule has 1 aliphatic heterocycles. The van der Waals surface area contributed by atoms with E-state index in [9.17, 15) is 0 Å². The molecule has 2 heterocycles. The Bertz CT molecular complexity index is 356. The van der Waals surface area contributed by atoms with E-state index in [1.807, 2.05) is 0 Å². The van der Waals surface area contributed by atoms with Gasteiger partial charge >= 0.3 is 0 Å². The topological polar surface area (TPSA) is 37.8 Å². The van der Waals surface area contributed by atoms with Gasteiger partial charge in [-0.25, -0.2) is 0 Å². The predicted octanol–water partition coefficient (Wildman–Crippen LogP) is 2.48. The van der Waals surface area contributed by atoms with Gasteiger partial charge in [0, 0.05) is 19.0 Å². The fourth-order valence-electron chi connectivity index (χ4n) is 2.16. The van der Waals surface area contributed by atoms with Crippen LogP contribution in [0.2, 0.25) is 0 Å². The van der Waals surface area contributed by atoms with Crippen LogP contribution in [0, 0.1) is 5.92 Å². The van der Waals surface area contributed by atoms with Crippen molar-refractivity contribution in [2.24, 2.45) is 5.92 Å². The number of aromatic nitrogens is 2. The average molecular weight is 269 g/mol. The van der Waals surface area contributed by atoms with Gasteiger partial charge in [-0.2, -0.15) is 11.8 Å². The van der Waals surface area contributed by atoms with Gasteiger partial charge in [-0.1, -0.05) is 0 Å². The smallest absolute Gasteiger partial charge is 0.131 e. The van der Waals surface area contributed by atoms with Crippen LogP contribution in [-0.2, 0) is 13.0 Å². The summed E-state index contributed by atoms with van der Waals surface area (Å²) < 4.78 is 0. The molecule has 1 aromatic rings. The molecule has 3 rings (SSSR count). The number of nitrogens with one attached hydrogen (secondary N) is 1. The largest absolute Gasteiger partial charge is 0.308 e. The first-order valence-corrected chi connectivity index (χ1v) is 8.49. The highest BCUT2D eigenvalue weighted by Gasteiger charge is 2.21. The summed E-state index contributed by atoms with van der Waals surface area (Å²) in [6, 6.07) is 0.762. The number of nitrogens with zero attached hydrogens (tertiary/aromatic N) is 2. The van der Waals surface area contributed by atoms with Gasteiger partial charge in [-0.15, -0.1) is 21.5 Å². The summed E-state index contributed by atoms with van der Waals surface area (Å²) in [4.78, 5) is 0. The van der Waals surface area contributed by atoms with Gasteiger partial charge in [0.15, 0.2) is 0 Å². The van der Waals surface area contributed by atoms with E-state index in [0.717, 1.165) is 29.9 Å². The van der Waals surface area contributed by atoms with E-state index < -0.39 is 0 Å². The second-order valence-corrected chi connectivity index (χ2v) is 7.38. The zero-order valence-electron chi connectivity index (χ0n) is 10.0. The Hall–Kier alpha value is -0.130. The highest BCUT2D eigenvalue weighted by molar-refractivity contribution is 7.99. The Labute approximate surface area is 111 Å². The lowest BCUT2D eigenvalue weighted by Gasteiger charge is -2.19. The van der Waals surface area contributed by atoms with Crippen LogP contribution in [-0.4, -0.2) is 27.7 Å². The monoisotopic (exact) mass is 269 g/mol. The molecular formula is C12H19N3S2. The van der Waals surface area contributed by atoms with Crippen LogP contribution in [0.25, 0.3) is 0 Å². The quantitative estimate of drug-likeness (QED) is 0.891. The molecule has 1 saturated carbocycles. The van der Waals surface area contributed by atoms with Crippen LogP contribution in [0.1, 0.15) is 35.7 Å². The van der Waals surface area contributed by atoms with E-state index in [1.54, 1.807) is 11.3 Å². The molecule has 1 aromatic heterocycles. The molecule has 2 aliphatic rings. The lowest BCUT2D eigenvalue weighted by molar-refractivity contribution is 0.485. The Kier molecular flexibility index (Phi) is 3.98. The van der Waals surface area contributed by atoms with E-state index in [1.165, 1.54) is 42.2 Å². The third-order valence-electron chi connectivity index (χ3n) is 3.43. The number of thioether (sulfide) groups is 1. The van der Waals surface area contributed by atoms with Gasteiger partial charge in [-0.05, 0) is 43.1 Å². The molecule has 0 radical (unpaired) electrons. The molecule has 0 unspecified atom stereocenters. The Morgan fingerprint density at radius 2 is 1.82 bits per heavy atom. The maximum atomic E-state index is 4.33. The van der Waals surface area contributed by atoms with Crippen LogP contribution in [0.4, 0.5) is 0 Å². The van der Waals surface area contributed by atoms with Gasteiger partial charge in [0.05, 0.1) is 0 Å². The summed E-state index contributed by atoms with van der Waals surface area (Å²) in [6.07, 6.45) is 6.55. The van der Waals surface area contributed by atoms with Crippen LogP contribution in [0.3, 0.4) is 0 Å². The van der Waals surface area contributed by atoms with Crippen LogP contribution in [0.15, 0.2) is 0 Å². The summed E-state index contributed by atoms with van der Waals surface area (Å²) in [5.74, 6) is 3.52. The molecule has 0 aromatic carbocycles. The van der Waals surface area contributed by atoms with Crippen molar-refractivity contribution in [3.05, 3.63) is 10.0 Å². The van der Waals surface area contributed by atoms with Gasteiger partial charge in [0.2, 0.25) is 0 Å². The Morgan fingerprint density at radius 3 is 2.59 bits per heavy atom. The van der Waals surface area contributed by atoms with Gasteiger partial charge in [0.25, 0.3) is 0 Å². The van der Waals surface area contributed by atoms with Crippen molar-refractivity contribution in [3.8, 4) is 0 Å².